The second kappa shape index (κ2) is 8.67. The van der Waals surface area contributed by atoms with Crippen molar-refractivity contribution >= 4 is 34.2 Å². The van der Waals surface area contributed by atoms with Gasteiger partial charge in [0.05, 0.1) is 6.54 Å². The minimum Gasteiger partial charge on any atom is -0.325 e. The third-order valence-electron chi connectivity index (χ3n) is 3.53. The molecular formula is C15H23IN4O. The summed E-state index contributed by atoms with van der Waals surface area (Å²) in [5, 5.41) is 6.29. The SMILES string of the molecule is CN(CCN1CCNCC1)CC(=O)Nc1cccc(I)c1. The molecule has 0 saturated carbocycles. The van der Waals surface area contributed by atoms with Gasteiger partial charge in [-0.05, 0) is 47.8 Å². The number of rotatable bonds is 6. The fourth-order valence-electron chi connectivity index (χ4n) is 2.34. The molecule has 6 heteroatoms. The molecule has 2 rings (SSSR count). The zero-order chi connectivity index (χ0) is 15.1. The van der Waals surface area contributed by atoms with Crippen LogP contribution in [0.1, 0.15) is 0 Å². The standard InChI is InChI=1S/C15H23IN4O/c1-19(9-10-20-7-5-17-6-8-20)12-15(21)18-14-4-2-3-13(16)11-14/h2-4,11,17H,5-10,12H2,1H3,(H,18,21). The average molecular weight is 402 g/mol. The van der Waals surface area contributed by atoms with Crippen LogP contribution in [0.15, 0.2) is 24.3 Å². The van der Waals surface area contributed by atoms with Crippen LogP contribution in [0.3, 0.4) is 0 Å². The van der Waals surface area contributed by atoms with Gasteiger partial charge in [-0.15, -0.1) is 0 Å². The lowest BCUT2D eigenvalue weighted by Crippen LogP contribution is -2.46. The van der Waals surface area contributed by atoms with Gasteiger partial charge in [-0.25, -0.2) is 0 Å². The van der Waals surface area contributed by atoms with Gasteiger partial charge in [-0.2, -0.15) is 0 Å². The second-order valence-electron chi connectivity index (χ2n) is 5.39. The van der Waals surface area contributed by atoms with Crippen molar-refractivity contribution in [2.45, 2.75) is 0 Å². The van der Waals surface area contributed by atoms with Crippen LogP contribution in [0.25, 0.3) is 0 Å². The Labute approximate surface area is 140 Å². The first kappa shape index (κ1) is 16.7. The number of anilines is 1. The van der Waals surface area contributed by atoms with Crippen LogP contribution in [0.4, 0.5) is 5.69 Å². The van der Waals surface area contributed by atoms with Crippen molar-refractivity contribution in [3.05, 3.63) is 27.8 Å². The van der Waals surface area contributed by atoms with E-state index in [0.29, 0.717) is 6.54 Å². The van der Waals surface area contributed by atoms with E-state index in [9.17, 15) is 4.79 Å². The van der Waals surface area contributed by atoms with Crippen LogP contribution >= 0.6 is 22.6 Å². The Hall–Kier alpha value is -0.700. The number of amides is 1. The average Bonchev–Trinajstić information content (AvgIpc) is 2.46. The molecule has 0 spiro atoms. The van der Waals surface area contributed by atoms with Gasteiger partial charge in [-0.1, -0.05) is 6.07 Å². The number of carbonyl (C=O) groups excluding carboxylic acids is 1. The molecule has 0 aliphatic carbocycles. The topological polar surface area (TPSA) is 47.6 Å². The number of halogens is 1. The minimum atomic E-state index is 0.0415. The number of carbonyl (C=O) groups is 1. The lowest BCUT2D eigenvalue weighted by atomic mass is 10.3. The van der Waals surface area contributed by atoms with Crippen molar-refractivity contribution in [2.75, 3.05) is 58.2 Å². The van der Waals surface area contributed by atoms with E-state index >= 15 is 0 Å². The lowest BCUT2D eigenvalue weighted by molar-refractivity contribution is -0.117. The maximum atomic E-state index is 12.0. The van der Waals surface area contributed by atoms with E-state index in [1.165, 1.54) is 0 Å². The fourth-order valence-corrected chi connectivity index (χ4v) is 2.88. The quantitative estimate of drug-likeness (QED) is 0.699. The van der Waals surface area contributed by atoms with E-state index < -0.39 is 0 Å². The van der Waals surface area contributed by atoms with Crippen molar-refractivity contribution in [1.29, 1.82) is 0 Å². The molecule has 1 heterocycles. The highest BCUT2D eigenvalue weighted by Crippen LogP contribution is 2.12. The van der Waals surface area contributed by atoms with Gasteiger partial charge in [0.2, 0.25) is 5.91 Å². The Morgan fingerprint density at radius 1 is 1.43 bits per heavy atom. The Balaban J connectivity index is 1.69. The molecule has 1 fully saturated rings. The number of benzene rings is 1. The summed E-state index contributed by atoms with van der Waals surface area (Å²) in [6, 6.07) is 7.85. The van der Waals surface area contributed by atoms with Gasteiger partial charge in [0, 0.05) is 48.5 Å². The summed E-state index contributed by atoms with van der Waals surface area (Å²) in [7, 11) is 2.00. The molecule has 1 aromatic rings. The maximum Gasteiger partial charge on any atom is 0.238 e. The fraction of sp³-hybridized carbons (Fsp3) is 0.533. The molecule has 1 amide bonds. The van der Waals surface area contributed by atoms with Gasteiger partial charge >= 0.3 is 0 Å². The zero-order valence-electron chi connectivity index (χ0n) is 12.4. The first-order valence-electron chi connectivity index (χ1n) is 7.30. The smallest absolute Gasteiger partial charge is 0.238 e. The molecule has 1 aliphatic rings. The van der Waals surface area contributed by atoms with Crippen LogP contribution in [0.2, 0.25) is 0 Å². The molecule has 5 nitrogen and oxygen atoms in total. The summed E-state index contributed by atoms with van der Waals surface area (Å²) in [5.41, 5.74) is 0.863. The van der Waals surface area contributed by atoms with Crippen LogP contribution < -0.4 is 10.6 Å². The van der Waals surface area contributed by atoms with E-state index in [4.69, 9.17) is 0 Å². The molecule has 21 heavy (non-hydrogen) atoms. The minimum absolute atomic E-state index is 0.0415. The highest BCUT2D eigenvalue weighted by Gasteiger charge is 2.12. The molecule has 2 N–H and O–H groups in total. The summed E-state index contributed by atoms with van der Waals surface area (Å²) < 4.78 is 1.12. The van der Waals surface area contributed by atoms with Gasteiger partial charge in [0.15, 0.2) is 0 Å². The van der Waals surface area contributed by atoms with E-state index in [1.54, 1.807) is 0 Å². The zero-order valence-corrected chi connectivity index (χ0v) is 14.6. The summed E-state index contributed by atoms with van der Waals surface area (Å²) in [5.74, 6) is 0.0415. The predicted molar refractivity (Wildman–Crippen MR) is 94.6 cm³/mol. The van der Waals surface area contributed by atoms with Gasteiger partial charge in [0.1, 0.15) is 0 Å². The van der Waals surface area contributed by atoms with E-state index in [0.717, 1.165) is 48.5 Å². The summed E-state index contributed by atoms with van der Waals surface area (Å²) in [6.07, 6.45) is 0. The Kier molecular flexibility index (Phi) is 6.88. The highest BCUT2D eigenvalue weighted by atomic mass is 127. The molecule has 0 aromatic heterocycles. The molecule has 1 aliphatic heterocycles. The number of likely N-dealkylation sites (N-methyl/N-ethyl adjacent to an activating group) is 1. The maximum absolute atomic E-state index is 12.0. The van der Waals surface area contributed by atoms with Crippen molar-refractivity contribution in [1.82, 2.24) is 15.1 Å². The highest BCUT2D eigenvalue weighted by molar-refractivity contribution is 14.1. The van der Waals surface area contributed by atoms with Crippen LogP contribution in [-0.4, -0.2) is 68.6 Å². The van der Waals surface area contributed by atoms with Crippen molar-refractivity contribution in [3.63, 3.8) is 0 Å². The number of hydrogen-bond acceptors (Lipinski definition) is 4. The third-order valence-corrected chi connectivity index (χ3v) is 4.20. The van der Waals surface area contributed by atoms with Crippen molar-refractivity contribution in [3.8, 4) is 0 Å². The monoisotopic (exact) mass is 402 g/mol. The molecule has 0 radical (unpaired) electrons. The third kappa shape index (κ3) is 6.29. The molecule has 1 aromatic carbocycles. The van der Waals surface area contributed by atoms with Gasteiger partial charge in [-0.3, -0.25) is 14.6 Å². The Morgan fingerprint density at radius 3 is 2.90 bits per heavy atom. The van der Waals surface area contributed by atoms with Gasteiger partial charge < -0.3 is 10.6 Å². The first-order chi connectivity index (χ1) is 10.1. The lowest BCUT2D eigenvalue weighted by Gasteiger charge is -2.28. The first-order valence-corrected chi connectivity index (χ1v) is 8.38. The van der Waals surface area contributed by atoms with E-state index in [1.807, 2.05) is 31.3 Å². The summed E-state index contributed by atoms with van der Waals surface area (Å²) >= 11 is 2.24. The predicted octanol–water partition coefficient (Wildman–Crippen LogP) is 1.07. The number of piperazine rings is 1. The van der Waals surface area contributed by atoms with Crippen LogP contribution in [0, 0.1) is 3.57 Å². The van der Waals surface area contributed by atoms with Crippen LogP contribution in [0.5, 0.6) is 0 Å². The number of hydrogen-bond donors (Lipinski definition) is 2. The molecule has 0 bridgehead atoms. The second-order valence-corrected chi connectivity index (χ2v) is 6.63. The van der Waals surface area contributed by atoms with Crippen LogP contribution in [-0.2, 0) is 4.79 Å². The van der Waals surface area contributed by atoms with Crippen molar-refractivity contribution < 1.29 is 4.79 Å². The number of nitrogens with zero attached hydrogens (tertiary/aromatic N) is 2. The summed E-state index contributed by atoms with van der Waals surface area (Å²) in [4.78, 5) is 16.5. The van der Waals surface area contributed by atoms with E-state index in [2.05, 4.69) is 43.0 Å². The molecule has 116 valence electrons. The molecule has 1 saturated heterocycles. The normalized spacial score (nSPS) is 16.1. The Bertz CT molecular complexity index is 463. The summed E-state index contributed by atoms with van der Waals surface area (Å²) in [6.45, 7) is 6.70. The number of nitrogens with one attached hydrogen (secondary N) is 2. The molecular weight excluding hydrogens is 379 g/mol. The van der Waals surface area contributed by atoms with E-state index in [-0.39, 0.29) is 5.91 Å². The largest absolute Gasteiger partial charge is 0.325 e. The van der Waals surface area contributed by atoms with Crippen molar-refractivity contribution in [2.24, 2.45) is 0 Å². The Morgan fingerprint density at radius 2 is 2.19 bits per heavy atom. The molecule has 0 unspecified atom stereocenters. The van der Waals surface area contributed by atoms with Gasteiger partial charge in [0.25, 0.3) is 0 Å². The molecule has 0 atom stereocenters.